The fraction of sp³-hybridized carbons (Fsp3) is 0.333. The molecule has 0 spiro atoms. The lowest BCUT2D eigenvalue weighted by Crippen LogP contribution is -2.47. The van der Waals surface area contributed by atoms with Crippen LogP contribution in [0.1, 0.15) is 18.9 Å². The number of halogens is 1. The molecule has 1 aliphatic heterocycles. The van der Waals surface area contributed by atoms with Crippen molar-refractivity contribution in [2.24, 2.45) is 0 Å². The molecule has 1 heterocycles. The van der Waals surface area contributed by atoms with Crippen molar-refractivity contribution in [3.05, 3.63) is 66.0 Å². The van der Waals surface area contributed by atoms with Crippen LogP contribution in [0, 0.1) is 5.82 Å². The minimum absolute atomic E-state index is 0.0589. The molecule has 142 valence electrons. The molecule has 5 nitrogen and oxygen atoms in total. The Balaban J connectivity index is 1.56. The van der Waals surface area contributed by atoms with Crippen LogP contribution in [-0.4, -0.2) is 42.4 Å². The lowest BCUT2D eigenvalue weighted by Gasteiger charge is -2.22. The number of hydrogen-bond acceptors (Lipinski definition) is 3. The number of carbonyl (C=O) groups is 2. The number of anilines is 1. The van der Waals surface area contributed by atoms with Crippen LogP contribution in [0.5, 0.6) is 0 Å². The van der Waals surface area contributed by atoms with E-state index in [9.17, 15) is 14.0 Å². The molecule has 0 aliphatic carbocycles. The highest BCUT2D eigenvalue weighted by molar-refractivity contribution is 6.40. The maximum absolute atomic E-state index is 13.4. The van der Waals surface area contributed by atoms with E-state index in [1.807, 2.05) is 18.2 Å². The average molecular weight is 369 g/mol. The third-order valence-electron chi connectivity index (χ3n) is 4.73. The predicted molar refractivity (Wildman–Crippen MR) is 103 cm³/mol. The molecule has 2 aromatic rings. The van der Waals surface area contributed by atoms with E-state index in [0.717, 1.165) is 19.5 Å². The maximum Gasteiger partial charge on any atom is 0.316 e. The van der Waals surface area contributed by atoms with Crippen LogP contribution in [0.2, 0.25) is 0 Å². The van der Waals surface area contributed by atoms with Crippen molar-refractivity contribution in [2.45, 2.75) is 25.9 Å². The molecule has 0 unspecified atom stereocenters. The quantitative estimate of drug-likeness (QED) is 0.825. The smallest absolute Gasteiger partial charge is 0.316 e. The molecule has 2 aromatic carbocycles. The summed E-state index contributed by atoms with van der Waals surface area (Å²) in [7, 11) is 0. The lowest BCUT2D eigenvalue weighted by molar-refractivity contribution is -0.138. The number of benzene rings is 2. The number of hydrogen-bond donors (Lipinski definition) is 1. The van der Waals surface area contributed by atoms with Gasteiger partial charge in [-0.25, -0.2) is 4.39 Å². The van der Waals surface area contributed by atoms with Crippen molar-refractivity contribution in [1.29, 1.82) is 0 Å². The van der Waals surface area contributed by atoms with Gasteiger partial charge in [0.2, 0.25) is 0 Å². The summed E-state index contributed by atoms with van der Waals surface area (Å²) >= 11 is 0. The Morgan fingerprint density at radius 1 is 1.19 bits per heavy atom. The van der Waals surface area contributed by atoms with E-state index in [4.69, 9.17) is 0 Å². The third-order valence-corrected chi connectivity index (χ3v) is 4.73. The first kappa shape index (κ1) is 19.0. The minimum atomic E-state index is -0.662. The summed E-state index contributed by atoms with van der Waals surface area (Å²) in [5, 5.41) is 2.83. The van der Waals surface area contributed by atoms with E-state index in [1.54, 1.807) is 13.0 Å². The van der Waals surface area contributed by atoms with Gasteiger partial charge in [0.1, 0.15) is 5.82 Å². The summed E-state index contributed by atoms with van der Waals surface area (Å²) in [6, 6.07) is 15.8. The van der Waals surface area contributed by atoms with Gasteiger partial charge in [-0.05, 0) is 37.1 Å². The molecule has 1 fully saturated rings. The fourth-order valence-corrected chi connectivity index (χ4v) is 3.39. The van der Waals surface area contributed by atoms with Crippen LogP contribution >= 0.6 is 0 Å². The Hall–Kier alpha value is -2.73. The van der Waals surface area contributed by atoms with Gasteiger partial charge in [-0.3, -0.25) is 14.5 Å². The second-order valence-electron chi connectivity index (χ2n) is 6.71. The lowest BCUT2D eigenvalue weighted by atomic mass is 10.2. The molecule has 6 heteroatoms. The normalized spacial score (nSPS) is 16.9. The summed E-state index contributed by atoms with van der Waals surface area (Å²) in [5.74, 6) is -1.75. The molecule has 2 amide bonds. The molecule has 1 saturated heterocycles. The van der Waals surface area contributed by atoms with Gasteiger partial charge in [0.25, 0.3) is 0 Å². The zero-order chi connectivity index (χ0) is 19.2. The molecular formula is C21H24FN3O2. The summed E-state index contributed by atoms with van der Waals surface area (Å²) in [5.41, 5.74) is 1.61. The van der Waals surface area contributed by atoms with E-state index in [1.165, 1.54) is 28.7 Å². The first-order chi connectivity index (χ1) is 13.1. The van der Waals surface area contributed by atoms with E-state index in [-0.39, 0.29) is 6.04 Å². The topological polar surface area (TPSA) is 52.7 Å². The van der Waals surface area contributed by atoms with E-state index in [0.29, 0.717) is 18.8 Å². The second kappa shape index (κ2) is 8.77. The van der Waals surface area contributed by atoms with Crippen molar-refractivity contribution in [3.63, 3.8) is 0 Å². The van der Waals surface area contributed by atoms with Gasteiger partial charge in [0.15, 0.2) is 0 Å². The molecule has 0 radical (unpaired) electrons. The first-order valence-electron chi connectivity index (χ1n) is 9.21. The van der Waals surface area contributed by atoms with Gasteiger partial charge < -0.3 is 10.2 Å². The van der Waals surface area contributed by atoms with Crippen molar-refractivity contribution in [3.8, 4) is 0 Å². The maximum atomic E-state index is 13.4. The molecule has 3 rings (SSSR count). The molecule has 0 bridgehead atoms. The summed E-state index contributed by atoms with van der Waals surface area (Å²) < 4.78 is 13.4. The van der Waals surface area contributed by atoms with Crippen molar-refractivity contribution in [1.82, 2.24) is 10.2 Å². The Labute approximate surface area is 158 Å². The molecule has 0 aromatic heterocycles. The zero-order valence-electron chi connectivity index (χ0n) is 15.4. The zero-order valence-corrected chi connectivity index (χ0v) is 15.4. The van der Waals surface area contributed by atoms with Crippen LogP contribution in [0.4, 0.5) is 10.1 Å². The molecule has 1 N–H and O–H groups in total. The third kappa shape index (κ3) is 4.92. The van der Waals surface area contributed by atoms with Crippen LogP contribution in [0.15, 0.2) is 54.6 Å². The highest BCUT2D eigenvalue weighted by Gasteiger charge is 2.28. The van der Waals surface area contributed by atoms with Gasteiger partial charge >= 0.3 is 11.8 Å². The Kier molecular flexibility index (Phi) is 6.19. The number of likely N-dealkylation sites (tertiary alicyclic amines) is 1. The monoisotopic (exact) mass is 369 g/mol. The Bertz CT molecular complexity index is 797. The van der Waals surface area contributed by atoms with Gasteiger partial charge in [0.05, 0.1) is 0 Å². The molecule has 1 atom stereocenters. The standard InChI is InChI=1S/C21H24FN3O2/c1-2-25(19-10-6-9-17(22)13-19)21(27)20(26)23-18-11-12-24(15-18)14-16-7-4-3-5-8-16/h3-10,13,18H,2,11-12,14-15H2,1H3,(H,23,26)/t18-/m0/s1. The van der Waals surface area contributed by atoms with Gasteiger partial charge in [-0.1, -0.05) is 36.4 Å². The summed E-state index contributed by atoms with van der Waals surface area (Å²) in [6.45, 7) is 4.45. The summed E-state index contributed by atoms with van der Waals surface area (Å²) in [4.78, 5) is 28.5. The number of nitrogens with zero attached hydrogens (tertiary/aromatic N) is 2. The van der Waals surface area contributed by atoms with Crippen molar-refractivity contribution < 1.29 is 14.0 Å². The number of amides is 2. The Morgan fingerprint density at radius 2 is 1.96 bits per heavy atom. The highest BCUT2D eigenvalue weighted by atomic mass is 19.1. The minimum Gasteiger partial charge on any atom is -0.344 e. The molecule has 0 saturated carbocycles. The van der Waals surface area contributed by atoms with E-state index in [2.05, 4.69) is 22.3 Å². The Morgan fingerprint density at radius 3 is 2.67 bits per heavy atom. The SMILES string of the molecule is CCN(C(=O)C(=O)N[C@H]1CCN(Cc2ccccc2)C1)c1cccc(F)c1. The largest absolute Gasteiger partial charge is 0.344 e. The number of likely N-dealkylation sites (N-methyl/N-ethyl adjacent to an activating group) is 1. The van der Waals surface area contributed by atoms with Crippen LogP contribution < -0.4 is 10.2 Å². The summed E-state index contributed by atoms with van der Waals surface area (Å²) in [6.07, 6.45) is 0.804. The average Bonchev–Trinajstić information content (AvgIpc) is 3.10. The highest BCUT2D eigenvalue weighted by Crippen LogP contribution is 2.17. The van der Waals surface area contributed by atoms with E-state index < -0.39 is 17.6 Å². The van der Waals surface area contributed by atoms with E-state index >= 15 is 0 Å². The van der Waals surface area contributed by atoms with Gasteiger partial charge in [-0.15, -0.1) is 0 Å². The van der Waals surface area contributed by atoms with Gasteiger partial charge in [0, 0.05) is 37.9 Å². The van der Waals surface area contributed by atoms with Crippen molar-refractivity contribution >= 4 is 17.5 Å². The van der Waals surface area contributed by atoms with Crippen molar-refractivity contribution in [2.75, 3.05) is 24.5 Å². The fourth-order valence-electron chi connectivity index (χ4n) is 3.39. The van der Waals surface area contributed by atoms with Crippen LogP contribution in [0.3, 0.4) is 0 Å². The molecule has 27 heavy (non-hydrogen) atoms. The van der Waals surface area contributed by atoms with Crippen LogP contribution in [0.25, 0.3) is 0 Å². The molecular weight excluding hydrogens is 345 g/mol. The number of carbonyl (C=O) groups excluding carboxylic acids is 2. The first-order valence-corrected chi connectivity index (χ1v) is 9.21. The molecule has 1 aliphatic rings. The van der Waals surface area contributed by atoms with Gasteiger partial charge in [-0.2, -0.15) is 0 Å². The second-order valence-corrected chi connectivity index (χ2v) is 6.71. The van der Waals surface area contributed by atoms with Crippen LogP contribution in [-0.2, 0) is 16.1 Å². The number of nitrogens with one attached hydrogen (secondary N) is 1. The predicted octanol–water partition coefficient (Wildman–Crippen LogP) is 2.57. The number of rotatable bonds is 5.